The SMILES string of the molecule is O=C1NN=C(CC2CCCCC2)c2ccccc2N1Cc1ccccc1. The number of carbonyl (C=O) groups excluding carboxylic acids is 1. The monoisotopic (exact) mass is 347 g/mol. The fourth-order valence-corrected chi connectivity index (χ4v) is 4.04. The Bertz CT molecular complexity index is 794. The lowest BCUT2D eigenvalue weighted by atomic mass is 9.84. The first-order chi connectivity index (χ1) is 12.8. The normalized spacial score (nSPS) is 17.9. The molecule has 4 rings (SSSR count). The molecule has 1 aliphatic carbocycles. The molecule has 2 amide bonds. The van der Waals surface area contributed by atoms with E-state index in [1.165, 1.54) is 32.1 Å². The Morgan fingerprint density at radius 3 is 2.50 bits per heavy atom. The van der Waals surface area contributed by atoms with Crippen molar-refractivity contribution in [2.24, 2.45) is 11.0 Å². The number of hydrazone groups is 1. The Labute approximate surface area is 154 Å². The molecule has 0 unspecified atom stereocenters. The van der Waals surface area contributed by atoms with Crippen molar-refractivity contribution in [2.45, 2.75) is 45.1 Å². The molecule has 1 fully saturated rings. The van der Waals surface area contributed by atoms with Gasteiger partial charge in [-0.2, -0.15) is 5.10 Å². The third-order valence-corrected chi connectivity index (χ3v) is 5.43. The molecule has 1 saturated carbocycles. The van der Waals surface area contributed by atoms with Gasteiger partial charge >= 0.3 is 6.03 Å². The molecule has 2 aromatic carbocycles. The number of nitrogens with zero attached hydrogens (tertiary/aromatic N) is 2. The molecule has 1 aliphatic heterocycles. The zero-order valence-corrected chi connectivity index (χ0v) is 15.0. The molecule has 4 nitrogen and oxygen atoms in total. The van der Waals surface area contributed by atoms with Crippen molar-refractivity contribution in [1.29, 1.82) is 0 Å². The van der Waals surface area contributed by atoms with Gasteiger partial charge in [0.25, 0.3) is 0 Å². The van der Waals surface area contributed by atoms with Crippen molar-refractivity contribution in [1.82, 2.24) is 5.43 Å². The maximum absolute atomic E-state index is 12.7. The van der Waals surface area contributed by atoms with Crippen LogP contribution in [0.1, 0.15) is 49.7 Å². The van der Waals surface area contributed by atoms with E-state index in [4.69, 9.17) is 0 Å². The predicted octanol–water partition coefficient (Wildman–Crippen LogP) is 5.09. The molecule has 0 radical (unpaired) electrons. The molecule has 0 atom stereocenters. The smallest absolute Gasteiger partial charge is 0.288 e. The van der Waals surface area contributed by atoms with Crippen LogP contribution in [0.2, 0.25) is 0 Å². The van der Waals surface area contributed by atoms with Gasteiger partial charge < -0.3 is 0 Å². The fourth-order valence-electron chi connectivity index (χ4n) is 4.04. The summed E-state index contributed by atoms with van der Waals surface area (Å²) in [5.41, 5.74) is 6.91. The first kappa shape index (κ1) is 16.8. The molecule has 1 N–H and O–H groups in total. The van der Waals surface area contributed by atoms with Gasteiger partial charge in [-0.3, -0.25) is 4.90 Å². The molecule has 0 aromatic heterocycles. The number of anilines is 1. The minimum atomic E-state index is -0.167. The lowest BCUT2D eigenvalue weighted by Gasteiger charge is -2.24. The van der Waals surface area contributed by atoms with Crippen molar-refractivity contribution in [2.75, 3.05) is 4.90 Å². The zero-order valence-electron chi connectivity index (χ0n) is 15.0. The summed E-state index contributed by atoms with van der Waals surface area (Å²) in [6.45, 7) is 0.538. The minimum absolute atomic E-state index is 0.167. The Kier molecular flexibility index (Phi) is 5.00. The van der Waals surface area contributed by atoms with Crippen LogP contribution in [0.15, 0.2) is 59.7 Å². The highest BCUT2D eigenvalue weighted by molar-refractivity contribution is 6.10. The average molecular weight is 347 g/mol. The first-order valence-electron chi connectivity index (χ1n) is 9.58. The third-order valence-electron chi connectivity index (χ3n) is 5.43. The number of hydrogen-bond donors (Lipinski definition) is 1. The zero-order chi connectivity index (χ0) is 17.8. The van der Waals surface area contributed by atoms with Gasteiger partial charge in [0.05, 0.1) is 17.9 Å². The lowest BCUT2D eigenvalue weighted by molar-refractivity contribution is 0.246. The average Bonchev–Trinajstić information content (AvgIpc) is 2.82. The van der Waals surface area contributed by atoms with Gasteiger partial charge in [0.2, 0.25) is 0 Å². The largest absolute Gasteiger partial charge is 0.342 e. The second-order valence-corrected chi connectivity index (χ2v) is 7.27. The summed E-state index contributed by atoms with van der Waals surface area (Å²) in [7, 11) is 0. The van der Waals surface area contributed by atoms with Crippen molar-refractivity contribution < 1.29 is 4.79 Å². The number of para-hydroxylation sites is 1. The number of benzene rings is 2. The van der Waals surface area contributed by atoms with Crippen LogP contribution in [-0.2, 0) is 6.54 Å². The van der Waals surface area contributed by atoms with Crippen molar-refractivity contribution in [3.63, 3.8) is 0 Å². The summed E-state index contributed by atoms with van der Waals surface area (Å²) in [6.07, 6.45) is 7.45. The molecule has 0 bridgehead atoms. The van der Waals surface area contributed by atoms with E-state index in [1.54, 1.807) is 4.90 Å². The van der Waals surface area contributed by atoms with Crippen molar-refractivity contribution in [3.05, 3.63) is 65.7 Å². The van der Waals surface area contributed by atoms with Gasteiger partial charge in [-0.05, 0) is 24.0 Å². The van der Waals surface area contributed by atoms with Gasteiger partial charge in [-0.25, -0.2) is 10.2 Å². The lowest BCUT2D eigenvalue weighted by Crippen LogP contribution is -2.36. The first-order valence-corrected chi connectivity index (χ1v) is 9.58. The highest BCUT2D eigenvalue weighted by Gasteiger charge is 2.26. The second kappa shape index (κ2) is 7.73. The van der Waals surface area contributed by atoms with E-state index in [9.17, 15) is 4.79 Å². The number of amides is 2. The molecular formula is C22H25N3O. The summed E-state index contributed by atoms with van der Waals surface area (Å²) in [4.78, 5) is 14.5. The van der Waals surface area contributed by atoms with E-state index in [0.29, 0.717) is 12.5 Å². The van der Waals surface area contributed by atoms with E-state index in [2.05, 4.69) is 16.6 Å². The van der Waals surface area contributed by atoms with E-state index < -0.39 is 0 Å². The molecule has 4 heteroatoms. The summed E-state index contributed by atoms with van der Waals surface area (Å²) in [6, 6.07) is 18.1. The van der Waals surface area contributed by atoms with Crippen LogP contribution in [0.3, 0.4) is 0 Å². The summed E-state index contributed by atoms with van der Waals surface area (Å²) in [5, 5.41) is 4.51. The van der Waals surface area contributed by atoms with Gasteiger partial charge in [-0.15, -0.1) is 0 Å². The topological polar surface area (TPSA) is 44.7 Å². The fraction of sp³-hybridized carbons (Fsp3) is 0.364. The molecular weight excluding hydrogens is 322 g/mol. The van der Waals surface area contributed by atoms with Gasteiger partial charge in [-0.1, -0.05) is 80.6 Å². The number of urea groups is 1. The maximum atomic E-state index is 12.7. The molecule has 26 heavy (non-hydrogen) atoms. The highest BCUT2D eigenvalue weighted by Crippen LogP contribution is 2.31. The Morgan fingerprint density at radius 2 is 1.69 bits per heavy atom. The summed E-state index contributed by atoms with van der Waals surface area (Å²) >= 11 is 0. The van der Waals surface area contributed by atoms with Crippen molar-refractivity contribution in [3.8, 4) is 0 Å². The number of fused-ring (bicyclic) bond motifs is 1. The van der Waals surface area contributed by atoms with E-state index in [1.807, 2.05) is 48.5 Å². The van der Waals surface area contributed by atoms with Crippen LogP contribution in [0.25, 0.3) is 0 Å². The molecule has 1 heterocycles. The standard InChI is InChI=1S/C22H25N3O/c26-22-24-23-20(15-17-9-3-1-4-10-17)19-13-7-8-14-21(19)25(22)16-18-11-5-2-6-12-18/h2,5-8,11-14,17H,1,3-4,9-10,15-16H2,(H,24,26). The van der Waals surface area contributed by atoms with Gasteiger partial charge in [0.15, 0.2) is 0 Å². The quantitative estimate of drug-likeness (QED) is 0.822. The number of nitrogens with one attached hydrogen (secondary N) is 1. The molecule has 2 aromatic rings. The van der Waals surface area contributed by atoms with Crippen LogP contribution >= 0.6 is 0 Å². The van der Waals surface area contributed by atoms with Crippen LogP contribution in [-0.4, -0.2) is 11.7 Å². The van der Waals surface area contributed by atoms with E-state index in [0.717, 1.165) is 28.9 Å². The van der Waals surface area contributed by atoms with Crippen LogP contribution in [0.5, 0.6) is 0 Å². The Morgan fingerprint density at radius 1 is 0.962 bits per heavy atom. The van der Waals surface area contributed by atoms with Crippen LogP contribution in [0, 0.1) is 5.92 Å². The number of carbonyl (C=O) groups is 1. The van der Waals surface area contributed by atoms with Crippen LogP contribution in [0.4, 0.5) is 10.5 Å². The van der Waals surface area contributed by atoms with E-state index >= 15 is 0 Å². The van der Waals surface area contributed by atoms with Gasteiger partial charge in [0, 0.05) is 5.56 Å². The number of hydrogen-bond acceptors (Lipinski definition) is 2. The summed E-state index contributed by atoms with van der Waals surface area (Å²) in [5.74, 6) is 0.674. The maximum Gasteiger partial charge on any atom is 0.342 e. The Balaban J connectivity index is 1.63. The summed E-state index contributed by atoms with van der Waals surface area (Å²) < 4.78 is 0. The minimum Gasteiger partial charge on any atom is -0.288 e. The molecule has 0 spiro atoms. The van der Waals surface area contributed by atoms with Crippen LogP contribution < -0.4 is 10.3 Å². The molecule has 0 saturated heterocycles. The van der Waals surface area contributed by atoms with Gasteiger partial charge in [0.1, 0.15) is 0 Å². The number of rotatable bonds is 4. The van der Waals surface area contributed by atoms with Crippen molar-refractivity contribution >= 4 is 17.4 Å². The molecule has 134 valence electrons. The highest BCUT2D eigenvalue weighted by atomic mass is 16.2. The Hall–Kier alpha value is -2.62. The molecule has 2 aliphatic rings. The third kappa shape index (κ3) is 3.64. The predicted molar refractivity (Wildman–Crippen MR) is 105 cm³/mol. The van der Waals surface area contributed by atoms with E-state index in [-0.39, 0.29) is 6.03 Å². The second-order valence-electron chi connectivity index (χ2n) is 7.27.